The monoisotopic (exact) mass is 654 g/mol. The Hall–Kier alpha value is -6.64. The number of rotatable bonds is 10. The summed E-state index contributed by atoms with van der Waals surface area (Å²) in [6.45, 7) is 0. The molecule has 8 aromatic rings. The van der Waals surface area contributed by atoms with Crippen LogP contribution >= 0.6 is 0 Å². The van der Waals surface area contributed by atoms with E-state index >= 15 is 0 Å². The number of fused-ring (bicyclic) bond motifs is 1. The van der Waals surface area contributed by atoms with Gasteiger partial charge in [0.2, 0.25) is 0 Å². The van der Waals surface area contributed by atoms with Gasteiger partial charge >= 0.3 is 0 Å². The van der Waals surface area contributed by atoms with Gasteiger partial charge in [-0.15, -0.1) is 0 Å². The minimum atomic E-state index is 0.867. The molecule has 0 aliphatic carbocycles. The number of benzene rings is 8. The van der Waals surface area contributed by atoms with Crippen LogP contribution < -0.4 is 9.80 Å². The topological polar surface area (TPSA) is 6.48 Å². The van der Waals surface area contributed by atoms with Crippen molar-refractivity contribution >= 4 is 57.0 Å². The van der Waals surface area contributed by atoms with Crippen LogP contribution in [0.4, 0.5) is 34.1 Å². The van der Waals surface area contributed by atoms with Gasteiger partial charge in [0.25, 0.3) is 0 Å². The van der Waals surface area contributed by atoms with E-state index in [-0.39, 0.29) is 0 Å². The quantitative estimate of drug-likeness (QED) is 0.135. The number of nitrogens with zero attached hydrogens (tertiary/aromatic N) is 2. The first-order valence-electron chi connectivity index (χ1n) is 17.5. The van der Waals surface area contributed by atoms with Gasteiger partial charge in [-0.25, -0.2) is 0 Å². The lowest BCUT2D eigenvalue weighted by molar-refractivity contribution is 1.18. The molecule has 8 rings (SSSR count). The van der Waals surface area contributed by atoms with Crippen LogP contribution in [-0.4, -0.2) is 0 Å². The van der Waals surface area contributed by atoms with E-state index in [0.717, 1.165) is 46.1 Å². The van der Waals surface area contributed by atoms with Crippen molar-refractivity contribution in [2.24, 2.45) is 0 Å². The maximum absolute atomic E-state index is 2.31. The van der Waals surface area contributed by atoms with Gasteiger partial charge < -0.3 is 9.80 Å². The van der Waals surface area contributed by atoms with E-state index in [2.05, 4.69) is 228 Å². The molecule has 0 spiro atoms. The van der Waals surface area contributed by atoms with E-state index in [9.17, 15) is 0 Å². The van der Waals surface area contributed by atoms with Crippen LogP contribution in [0.2, 0.25) is 0 Å². The van der Waals surface area contributed by atoms with Gasteiger partial charge in [0.1, 0.15) is 0 Å². The lowest BCUT2D eigenvalue weighted by Crippen LogP contribution is -2.10. The highest BCUT2D eigenvalue weighted by atomic mass is 15.1. The molecule has 0 heterocycles. The average Bonchev–Trinajstić information content (AvgIpc) is 3.20. The van der Waals surface area contributed by atoms with Crippen molar-refractivity contribution in [3.05, 3.63) is 229 Å². The minimum Gasteiger partial charge on any atom is -0.310 e. The second-order valence-electron chi connectivity index (χ2n) is 12.7. The molecule has 0 unspecified atom stereocenters. The molecule has 0 N–H and O–H groups in total. The van der Waals surface area contributed by atoms with Crippen molar-refractivity contribution < 1.29 is 0 Å². The van der Waals surface area contributed by atoms with Crippen molar-refractivity contribution in [3.63, 3.8) is 0 Å². The second-order valence-corrected chi connectivity index (χ2v) is 12.7. The predicted octanol–water partition coefficient (Wildman–Crippen LogP) is 13.5. The molecule has 2 heteroatoms. The molecule has 244 valence electrons. The summed E-state index contributed by atoms with van der Waals surface area (Å²) in [6.07, 6.45) is 5.24. The van der Waals surface area contributed by atoms with Crippen molar-refractivity contribution in [2.75, 3.05) is 9.80 Å². The maximum Gasteiger partial charge on any atom is 0.0468 e. The SMILES string of the molecule is C(=C\c1ccc(N(c2ccccc2)c2ccc3ccccc3c2)cc1)/c1ccc(Cc2cccc(N(c3ccccc3)c3ccccc3)c2)cc1. The fourth-order valence-electron chi connectivity index (χ4n) is 6.66. The molecular weight excluding hydrogens is 617 g/mol. The zero-order valence-corrected chi connectivity index (χ0v) is 28.4. The number of hydrogen-bond donors (Lipinski definition) is 0. The highest BCUT2D eigenvalue weighted by Gasteiger charge is 2.14. The molecule has 0 saturated carbocycles. The van der Waals surface area contributed by atoms with Gasteiger partial charge in [0.15, 0.2) is 0 Å². The predicted molar refractivity (Wildman–Crippen MR) is 218 cm³/mol. The molecule has 0 aliphatic heterocycles. The minimum absolute atomic E-state index is 0.867. The Morgan fingerprint density at radius 2 is 0.725 bits per heavy atom. The van der Waals surface area contributed by atoms with Gasteiger partial charge in [-0.2, -0.15) is 0 Å². The largest absolute Gasteiger partial charge is 0.310 e. The molecule has 0 aliphatic rings. The maximum atomic E-state index is 2.31. The molecular formula is C49H38N2. The van der Waals surface area contributed by atoms with E-state index in [1.807, 2.05) is 0 Å². The normalized spacial score (nSPS) is 11.1. The third-order valence-electron chi connectivity index (χ3n) is 9.21. The zero-order chi connectivity index (χ0) is 34.2. The summed E-state index contributed by atoms with van der Waals surface area (Å²) >= 11 is 0. The summed E-state index contributed by atoms with van der Waals surface area (Å²) in [6, 6.07) is 73.4. The van der Waals surface area contributed by atoms with Crippen LogP contribution in [0.1, 0.15) is 22.3 Å². The first-order chi connectivity index (χ1) is 25.3. The molecule has 2 nitrogen and oxygen atoms in total. The van der Waals surface area contributed by atoms with Gasteiger partial charge in [-0.3, -0.25) is 0 Å². The Balaban J connectivity index is 0.977. The van der Waals surface area contributed by atoms with Crippen molar-refractivity contribution in [1.29, 1.82) is 0 Å². The molecule has 0 atom stereocenters. The van der Waals surface area contributed by atoms with E-state index in [4.69, 9.17) is 0 Å². The third kappa shape index (κ3) is 7.36. The Labute approximate surface area is 300 Å². The van der Waals surface area contributed by atoms with E-state index in [1.54, 1.807) is 0 Å². The van der Waals surface area contributed by atoms with Crippen LogP contribution in [0.25, 0.3) is 22.9 Å². The lowest BCUT2D eigenvalue weighted by Gasteiger charge is -2.26. The van der Waals surface area contributed by atoms with Crippen LogP contribution in [-0.2, 0) is 6.42 Å². The summed E-state index contributed by atoms with van der Waals surface area (Å²) in [5.74, 6) is 0. The molecule has 0 bridgehead atoms. The lowest BCUT2D eigenvalue weighted by atomic mass is 10.0. The van der Waals surface area contributed by atoms with Gasteiger partial charge in [0.05, 0.1) is 0 Å². The molecule has 0 amide bonds. The van der Waals surface area contributed by atoms with Gasteiger partial charge in [-0.05, 0) is 112 Å². The van der Waals surface area contributed by atoms with E-state index in [0.29, 0.717) is 0 Å². The summed E-state index contributed by atoms with van der Waals surface area (Å²) in [7, 11) is 0. The molecule has 0 saturated heterocycles. The van der Waals surface area contributed by atoms with Crippen molar-refractivity contribution in [3.8, 4) is 0 Å². The third-order valence-corrected chi connectivity index (χ3v) is 9.21. The Morgan fingerprint density at radius 1 is 0.294 bits per heavy atom. The van der Waals surface area contributed by atoms with Crippen LogP contribution in [0.3, 0.4) is 0 Å². The molecule has 0 radical (unpaired) electrons. The standard InChI is InChI=1S/C49H38N2/c1-4-16-44(17-5-1)50(45-18-6-2-7-19-45)48-22-12-13-41(36-48)35-40-27-25-38(26-28-40)23-24-39-29-32-47(33-30-39)51(46-20-8-3-9-21-46)49-34-31-42-14-10-11-15-43(42)37-49/h1-34,36-37H,35H2/b24-23+. The smallest absolute Gasteiger partial charge is 0.0468 e. The summed E-state index contributed by atoms with van der Waals surface area (Å²) < 4.78 is 0. The highest BCUT2D eigenvalue weighted by molar-refractivity contribution is 5.89. The van der Waals surface area contributed by atoms with Crippen molar-refractivity contribution in [1.82, 2.24) is 0 Å². The molecule has 51 heavy (non-hydrogen) atoms. The van der Waals surface area contributed by atoms with Crippen LogP contribution in [0.5, 0.6) is 0 Å². The van der Waals surface area contributed by atoms with Crippen LogP contribution in [0, 0.1) is 0 Å². The fraction of sp³-hybridized carbons (Fsp3) is 0.0204. The first-order valence-corrected chi connectivity index (χ1v) is 17.5. The molecule has 8 aromatic carbocycles. The number of hydrogen-bond acceptors (Lipinski definition) is 2. The van der Waals surface area contributed by atoms with Gasteiger partial charge in [-0.1, -0.05) is 146 Å². The number of para-hydroxylation sites is 3. The zero-order valence-electron chi connectivity index (χ0n) is 28.4. The van der Waals surface area contributed by atoms with Crippen molar-refractivity contribution in [2.45, 2.75) is 6.42 Å². The first kappa shape index (κ1) is 31.6. The van der Waals surface area contributed by atoms with Gasteiger partial charge in [0, 0.05) is 34.1 Å². The molecule has 0 aromatic heterocycles. The fourth-order valence-corrected chi connectivity index (χ4v) is 6.66. The average molecular weight is 655 g/mol. The van der Waals surface area contributed by atoms with E-state index in [1.165, 1.54) is 27.5 Å². The summed E-state index contributed by atoms with van der Waals surface area (Å²) in [4.78, 5) is 4.63. The second kappa shape index (κ2) is 14.9. The Bertz CT molecular complexity index is 2320. The highest BCUT2D eigenvalue weighted by Crippen LogP contribution is 2.37. The summed E-state index contributed by atoms with van der Waals surface area (Å²) in [5.41, 5.74) is 11.7. The molecule has 0 fully saturated rings. The van der Waals surface area contributed by atoms with E-state index < -0.39 is 0 Å². The Kier molecular flexibility index (Phi) is 9.21. The Morgan fingerprint density at radius 3 is 1.29 bits per heavy atom. The number of anilines is 6. The summed E-state index contributed by atoms with van der Waals surface area (Å²) in [5, 5.41) is 2.47. The van der Waals surface area contributed by atoms with Crippen LogP contribution in [0.15, 0.2) is 206 Å².